The Morgan fingerprint density at radius 3 is 2.44 bits per heavy atom. The Balaban J connectivity index is 1.86. The molecule has 1 fully saturated rings. The molecule has 8 nitrogen and oxygen atoms in total. The number of benzene rings is 1. The van der Waals surface area contributed by atoms with Crippen molar-refractivity contribution < 1.29 is 23.8 Å². The van der Waals surface area contributed by atoms with Crippen LogP contribution in [-0.4, -0.2) is 75.4 Å². The predicted molar refractivity (Wildman–Crippen MR) is 101 cm³/mol. The molecule has 1 aliphatic heterocycles. The van der Waals surface area contributed by atoms with Crippen LogP contribution in [0.4, 0.5) is 4.79 Å². The quantitative estimate of drug-likeness (QED) is 0.776. The van der Waals surface area contributed by atoms with Gasteiger partial charge in [0.05, 0.1) is 33.4 Å². The van der Waals surface area contributed by atoms with Crippen molar-refractivity contribution in [3.63, 3.8) is 0 Å². The molecule has 0 bridgehead atoms. The van der Waals surface area contributed by atoms with E-state index in [0.29, 0.717) is 44.3 Å². The second kappa shape index (κ2) is 10.0. The van der Waals surface area contributed by atoms with E-state index in [1.54, 1.807) is 26.0 Å². The summed E-state index contributed by atoms with van der Waals surface area (Å²) in [7, 11) is 3.20. The van der Waals surface area contributed by atoms with Gasteiger partial charge in [0.25, 0.3) is 0 Å². The second-order valence-corrected chi connectivity index (χ2v) is 6.36. The summed E-state index contributed by atoms with van der Waals surface area (Å²) in [4.78, 5) is 27.9. The third-order valence-electron chi connectivity index (χ3n) is 4.55. The Morgan fingerprint density at radius 2 is 1.85 bits per heavy atom. The molecule has 0 radical (unpaired) electrons. The molecule has 0 saturated carbocycles. The molecule has 1 saturated heterocycles. The van der Waals surface area contributed by atoms with E-state index in [4.69, 9.17) is 14.2 Å². The third-order valence-corrected chi connectivity index (χ3v) is 4.55. The fraction of sp³-hybridized carbons (Fsp3) is 0.579. The summed E-state index contributed by atoms with van der Waals surface area (Å²) >= 11 is 0. The highest BCUT2D eigenvalue weighted by atomic mass is 16.6. The first-order valence-electron chi connectivity index (χ1n) is 9.13. The summed E-state index contributed by atoms with van der Waals surface area (Å²) in [6.07, 6.45) is -0.291. The summed E-state index contributed by atoms with van der Waals surface area (Å²) in [6, 6.07) is 5.29. The zero-order valence-electron chi connectivity index (χ0n) is 16.5. The van der Waals surface area contributed by atoms with Gasteiger partial charge in [-0.1, -0.05) is 0 Å². The molecule has 1 heterocycles. The summed E-state index contributed by atoms with van der Waals surface area (Å²) in [5.74, 6) is 1.34. The summed E-state index contributed by atoms with van der Waals surface area (Å²) in [5.41, 5.74) is 0.859. The number of amides is 2. The summed E-state index contributed by atoms with van der Waals surface area (Å²) < 4.78 is 15.7. The molecule has 0 aliphatic carbocycles. The van der Waals surface area contributed by atoms with Gasteiger partial charge in [0, 0.05) is 31.7 Å². The number of methoxy groups -OCH3 is 2. The highest BCUT2D eigenvalue weighted by Crippen LogP contribution is 2.29. The van der Waals surface area contributed by atoms with E-state index in [2.05, 4.69) is 5.32 Å². The smallest absolute Gasteiger partial charge is 0.409 e. The van der Waals surface area contributed by atoms with Gasteiger partial charge in [0.2, 0.25) is 5.91 Å². The Labute approximate surface area is 160 Å². The summed E-state index contributed by atoms with van der Waals surface area (Å²) in [6.45, 7) is 6.76. The van der Waals surface area contributed by atoms with E-state index >= 15 is 0 Å². The van der Waals surface area contributed by atoms with E-state index in [1.165, 1.54) is 0 Å². The monoisotopic (exact) mass is 379 g/mol. The number of hydrogen-bond donors (Lipinski definition) is 1. The molecule has 2 amide bonds. The molecular formula is C19H29N3O5. The van der Waals surface area contributed by atoms with Crippen molar-refractivity contribution >= 4 is 12.0 Å². The van der Waals surface area contributed by atoms with Gasteiger partial charge in [-0.3, -0.25) is 9.69 Å². The number of rotatable bonds is 7. The van der Waals surface area contributed by atoms with Crippen LogP contribution in [0.2, 0.25) is 0 Å². The van der Waals surface area contributed by atoms with E-state index in [9.17, 15) is 9.59 Å². The van der Waals surface area contributed by atoms with Crippen LogP contribution in [-0.2, 0) is 9.53 Å². The maximum atomic E-state index is 12.4. The van der Waals surface area contributed by atoms with Gasteiger partial charge in [0.15, 0.2) is 0 Å². The molecule has 1 N–H and O–H groups in total. The standard InChI is InChI=1S/C19H29N3O5/c1-5-27-19(24)22-10-8-21(9-11-22)13-18(23)20-14(2)16-12-15(25-3)6-7-17(16)26-4/h6-7,12,14H,5,8-11,13H2,1-4H3,(H,20,23)/t14-/m1/s1. The fourth-order valence-corrected chi connectivity index (χ4v) is 3.05. The van der Waals surface area contributed by atoms with E-state index in [-0.39, 0.29) is 24.6 Å². The maximum Gasteiger partial charge on any atom is 0.409 e. The topological polar surface area (TPSA) is 80.3 Å². The van der Waals surface area contributed by atoms with Crippen molar-refractivity contribution in [1.82, 2.24) is 15.1 Å². The number of carbonyl (C=O) groups is 2. The molecule has 0 aromatic heterocycles. The normalized spacial score (nSPS) is 15.8. The first kappa shape index (κ1) is 20.8. The molecule has 1 aromatic carbocycles. The average molecular weight is 379 g/mol. The van der Waals surface area contributed by atoms with Crippen molar-refractivity contribution in [1.29, 1.82) is 0 Å². The van der Waals surface area contributed by atoms with E-state index < -0.39 is 0 Å². The van der Waals surface area contributed by atoms with Crippen LogP contribution in [0.15, 0.2) is 18.2 Å². The number of piperazine rings is 1. The van der Waals surface area contributed by atoms with Crippen molar-refractivity contribution in [3.8, 4) is 11.5 Å². The lowest BCUT2D eigenvalue weighted by Crippen LogP contribution is -2.51. The number of carbonyl (C=O) groups excluding carboxylic acids is 2. The highest BCUT2D eigenvalue weighted by Gasteiger charge is 2.24. The SMILES string of the molecule is CCOC(=O)N1CCN(CC(=O)N[C@H](C)c2cc(OC)ccc2OC)CC1. The lowest BCUT2D eigenvalue weighted by Gasteiger charge is -2.33. The van der Waals surface area contributed by atoms with Crippen LogP contribution in [0.25, 0.3) is 0 Å². The van der Waals surface area contributed by atoms with Crippen molar-refractivity contribution in [2.75, 3.05) is 53.6 Å². The number of ether oxygens (including phenoxy) is 3. The number of hydrogen-bond acceptors (Lipinski definition) is 6. The Kier molecular flexibility index (Phi) is 7.72. The van der Waals surface area contributed by atoms with Crippen LogP contribution in [0.1, 0.15) is 25.5 Å². The fourth-order valence-electron chi connectivity index (χ4n) is 3.05. The average Bonchev–Trinajstić information content (AvgIpc) is 2.68. The van der Waals surface area contributed by atoms with Gasteiger partial charge in [-0.15, -0.1) is 0 Å². The van der Waals surface area contributed by atoms with Crippen LogP contribution < -0.4 is 14.8 Å². The predicted octanol–water partition coefficient (Wildman–Crippen LogP) is 1.66. The largest absolute Gasteiger partial charge is 0.497 e. The third kappa shape index (κ3) is 5.75. The zero-order chi connectivity index (χ0) is 19.8. The van der Waals surface area contributed by atoms with Crippen LogP contribution >= 0.6 is 0 Å². The van der Waals surface area contributed by atoms with Crippen molar-refractivity contribution in [2.24, 2.45) is 0 Å². The van der Waals surface area contributed by atoms with Crippen LogP contribution in [0.3, 0.4) is 0 Å². The van der Waals surface area contributed by atoms with Gasteiger partial charge in [-0.05, 0) is 32.0 Å². The van der Waals surface area contributed by atoms with Gasteiger partial charge in [0.1, 0.15) is 11.5 Å². The molecule has 8 heteroatoms. The summed E-state index contributed by atoms with van der Waals surface area (Å²) in [5, 5.41) is 3.00. The second-order valence-electron chi connectivity index (χ2n) is 6.36. The molecule has 2 rings (SSSR count). The van der Waals surface area contributed by atoms with Gasteiger partial charge in [-0.2, -0.15) is 0 Å². The number of nitrogens with one attached hydrogen (secondary N) is 1. The Hall–Kier alpha value is -2.48. The Morgan fingerprint density at radius 1 is 1.15 bits per heavy atom. The van der Waals surface area contributed by atoms with Gasteiger partial charge >= 0.3 is 6.09 Å². The molecule has 0 spiro atoms. The minimum Gasteiger partial charge on any atom is -0.497 e. The van der Waals surface area contributed by atoms with Crippen LogP contribution in [0, 0.1) is 0 Å². The van der Waals surface area contributed by atoms with Gasteiger partial charge in [-0.25, -0.2) is 4.79 Å². The lowest BCUT2D eigenvalue weighted by molar-refractivity contribution is -0.123. The lowest BCUT2D eigenvalue weighted by atomic mass is 10.1. The van der Waals surface area contributed by atoms with Crippen molar-refractivity contribution in [3.05, 3.63) is 23.8 Å². The van der Waals surface area contributed by atoms with Crippen molar-refractivity contribution in [2.45, 2.75) is 19.9 Å². The van der Waals surface area contributed by atoms with Gasteiger partial charge < -0.3 is 24.4 Å². The highest BCUT2D eigenvalue weighted by molar-refractivity contribution is 5.78. The first-order valence-corrected chi connectivity index (χ1v) is 9.13. The maximum absolute atomic E-state index is 12.4. The minimum atomic E-state index is -0.291. The number of nitrogens with zero attached hydrogens (tertiary/aromatic N) is 2. The molecule has 150 valence electrons. The first-order chi connectivity index (χ1) is 13.0. The molecule has 1 aromatic rings. The zero-order valence-corrected chi connectivity index (χ0v) is 16.5. The van der Waals surface area contributed by atoms with E-state index in [1.807, 2.05) is 30.0 Å². The van der Waals surface area contributed by atoms with Crippen LogP contribution in [0.5, 0.6) is 11.5 Å². The molecule has 1 atom stereocenters. The molecule has 1 aliphatic rings. The van der Waals surface area contributed by atoms with E-state index in [0.717, 1.165) is 5.56 Å². The Bertz CT molecular complexity index is 644. The molecule has 27 heavy (non-hydrogen) atoms. The molecule has 0 unspecified atom stereocenters. The molecular weight excluding hydrogens is 350 g/mol. The minimum absolute atomic E-state index is 0.0723.